The molecule has 28 heavy (non-hydrogen) atoms. The van der Waals surface area contributed by atoms with Gasteiger partial charge in [-0.1, -0.05) is 25.1 Å². The van der Waals surface area contributed by atoms with Gasteiger partial charge in [0.05, 0.1) is 6.61 Å². The van der Waals surface area contributed by atoms with Crippen molar-refractivity contribution in [3.05, 3.63) is 58.6 Å². The molecule has 1 amide bonds. The third-order valence-corrected chi connectivity index (χ3v) is 4.39. The summed E-state index contributed by atoms with van der Waals surface area (Å²) < 4.78 is 12.4. The average Bonchev–Trinajstić information content (AvgIpc) is 3.02. The standard InChI is InChI=1S/C19H23N3O6/c1-2-10-27-16-15(24)13(11-23)28-18(16)22-9-8-14(21-19(22)26)20-17(25)12-6-4-3-5-7-12/h3-9,13,15-16,18,23-24H,2,10-11H2,1H3,(H,20,21,25,26)/t13-,15?,16?,18-/m1/s1. The number of carbonyl (C=O) groups is 1. The maximum absolute atomic E-state index is 12.5. The second-order valence-electron chi connectivity index (χ2n) is 6.40. The molecule has 0 aliphatic carbocycles. The number of ether oxygens (including phenoxy) is 2. The summed E-state index contributed by atoms with van der Waals surface area (Å²) in [5.41, 5.74) is -0.235. The topological polar surface area (TPSA) is 123 Å². The Hall–Kier alpha value is -2.59. The first-order valence-electron chi connectivity index (χ1n) is 9.06. The molecular formula is C19H23N3O6. The van der Waals surface area contributed by atoms with Crippen molar-refractivity contribution in [3.8, 4) is 0 Å². The lowest BCUT2D eigenvalue weighted by molar-refractivity contribution is -0.0741. The predicted molar refractivity (Wildman–Crippen MR) is 99.9 cm³/mol. The van der Waals surface area contributed by atoms with Crippen LogP contribution in [0.15, 0.2) is 47.4 Å². The third-order valence-electron chi connectivity index (χ3n) is 4.39. The molecule has 0 saturated carbocycles. The molecule has 9 nitrogen and oxygen atoms in total. The molecule has 1 aromatic carbocycles. The van der Waals surface area contributed by atoms with Crippen molar-refractivity contribution >= 4 is 11.7 Å². The number of hydrogen-bond acceptors (Lipinski definition) is 7. The molecule has 150 valence electrons. The van der Waals surface area contributed by atoms with Gasteiger partial charge in [-0.15, -0.1) is 0 Å². The first-order chi connectivity index (χ1) is 13.5. The number of aromatic nitrogens is 2. The number of anilines is 1. The van der Waals surface area contributed by atoms with Crippen molar-refractivity contribution in [2.45, 2.75) is 37.9 Å². The van der Waals surface area contributed by atoms with Crippen LogP contribution in [0, 0.1) is 0 Å². The molecule has 9 heteroatoms. The van der Waals surface area contributed by atoms with Crippen LogP contribution in [-0.2, 0) is 9.47 Å². The van der Waals surface area contributed by atoms with Gasteiger partial charge in [-0.25, -0.2) is 4.79 Å². The fourth-order valence-electron chi connectivity index (χ4n) is 2.98. The van der Waals surface area contributed by atoms with Gasteiger partial charge < -0.3 is 25.0 Å². The van der Waals surface area contributed by atoms with E-state index in [4.69, 9.17) is 9.47 Å². The molecule has 0 spiro atoms. The minimum absolute atomic E-state index is 0.0957. The zero-order valence-corrected chi connectivity index (χ0v) is 15.4. The minimum Gasteiger partial charge on any atom is -0.394 e. The van der Waals surface area contributed by atoms with Gasteiger partial charge in [-0.2, -0.15) is 4.98 Å². The number of nitrogens with one attached hydrogen (secondary N) is 1. The van der Waals surface area contributed by atoms with Crippen molar-refractivity contribution in [2.75, 3.05) is 18.5 Å². The Balaban J connectivity index is 1.79. The monoisotopic (exact) mass is 389 g/mol. The molecule has 1 aliphatic heterocycles. The molecule has 0 bridgehead atoms. The number of amides is 1. The van der Waals surface area contributed by atoms with Crippen LogP contribution in [0.1, 0.15) is 29.9 Å². The smallest absolute Gasteiger partial charge is 0.351 e. The maximum atomic E-state index is 12.5. The first kappa shape index (κ1) is 20.2. The van der Waals surface area contributed by atoms with Crippen molar-refractivity contribution in [3.63, 3.8) is 0 Å². The van der Waals surface area contributed by atoms with E-state index in [1.807, 2.05) is 6.92 Å². The van der Waals surface area contributed by atoms with E-state index in [1.54, 1.807) is 30.3 Å². The van der Waals surface area contributed by atoms with Crippen LogP contribution in [0.2, 0.25) is 0 Å². The lowest BCUT2D eigenvalue weighted by Crippen LogP contribution is -2.38. The van der Waals surface area contributed by atoms with Crippen LogP contribution in [0.5, 0.6) is 0 Å². The maximum Gasteiger partial charge on any atom is 0.351 e. The van der Waals surface area contributed by atoms with Crippen molar-refractivity contribution in [2.24, 2.45) is 0 Å². The van der Waals surface area contributed by atoms with Crippen LogP contribution < -0.4 is 11.0 Å². The zero-order valence-electron chi connectivity index (χ0n) is 15.4. The fourth-order valence-corrected chi connectivity index (χ4v) is 2.98. The van der Waals surface area contributed by atoms with E-state index in [0.717, 1.165) is 6.42 Å². The highest BCUT2D eigenvalue weighted by Gasteiger charge is 2.45. The number of aliphatic hydroxyl groups is 2. The molecule has 3 rings (SSSR count). The lowest BCUT2D eigenvalue weighted by Gasteiger charge is -2.22. The molecule has 2 heterocycles. The lowest BCUT2D eigenvalue weighted by atomic mass is 10.1. The van der Waals surface area contributed by atoms with Gasteiger partial charge >= 0.3 is 5.69 Å². The van der Waals surface area contributed by atoms with Crippen molar-refractivity contribution in [1.29, 1.82) is 0 Å². The van der Waals surface area contributed by atoms with Crippen LogP contribution in [-0.4, -0.2) is 57.2 Å². The number of aliphatic hydroxyl groups excluding tert-OH is 2. The van der Waals surface area contributed by atoms with E-state index < -0.39 is 36.8 Å². The third kappa shape index (κ3) is 4.28. The highest BCUT2D eigenvalue weighted by Crippen LogP contribution is 2.30. The Kier molecular flexibility index (Phi) is 6.53. The Morgan fingerprint density at radius 2 is 2.07 bits per heavy atom. The molecule has 1 saturated heterocycles. The highest BCUT2D eigenvalue weighted by atomic mass is 16.6. The largest absolute Gasteiger partial charge is 0.394 e. The second-order valence-corrected chi connectivity index (χ2v) is 6.40. The Morgan fingerprint density at radius 1 is 1.32 bits per heavy atom. The van der Waals surface area contributed by atoms with E-state index in [2.05, 4.69) is 10.3 Å². The second kappa shape index (κ2) is 9.07. The number of carbonyl (C=O) groups excluding carboxylic acids is 1. The summed E-state index contributed by atoms with van der Waals surface area (Å²) in [6.07, 6.45) is -1.56. The molecule has 4 atom stereocenters. The van der Waals surface area contributed by atoms with Gasteiger partial charge in [0.1, 0.15) is 24.1 Å². The van der Waals surface area contributed by atoms with Gasteiger partial charge in [0.15, 0.2) is 6.23 Å². The molecule has 1 aliphatic rings. The molecule has 3 N–H and O–H groups in total. The average molecular weight is 389 g/mol. The first-order valence-corrected chi connectivity index (χ1v) is 9.06. The molecule has 0 radical (unpaired) electrons. The molecule has 1 aromatic heterocycles. The minimum atomic E-state index is -1.08. The van der Waals surface area contributed by atoms with E-state index in [1.165, 1.54) is 16.8 Å². The number of hydrogen-bond donors (Lipinski definition) is 3. The summed E-state index contributed by atoms with van der Waals surface area (Å²) in [7, 11) is 0. The Labute approximate surface area is 161 Å². The predicted octanol–water partition coefficient (Wildman–Crippen LogP) is 0.541. The molecule has 2 aromatic rings. The van der Waals surface area contributed by atoms with Crippen molar-refractivity contribution in [1.82, 2.24) is 9.55 Å². The van der Waals surface area contributed by atoms with E-state index in [0.29, 0.717) is 12.2 Å². The SMILES string of the molecule is CCCOC1C(O)[C@@H](CO)O[C@H]1n1ccc(NC(=O)c2ccccc2)nc1=O. The van der Waals surface area contributed by atoms with Gasteiger partial charge in [-0.05, 0) is 24.6 Å². The van der Waals surface area contributed by atoms with Crippen LogP contribution in [0.4, 0.5) is 5.82 Å². The molecule has 2 unspecified atom stereocenters. The number of benzene rings is 1. The summed E-state index contributed by atoms with van der Waals surface area (Å²) in [5, 5.41) is 22.2. The van der Waals surface area contributed by atoms with Crippen LogP contribution in [0.3, 0.4) is 0 Å². The van der Waals surface area contributed by atoms with E-state index >= 15 is 0 Å². The quantitative estimate of drug-likeness (QED) is 0.632. The highest BCUT2D eigenvalue weighted by molar-refractivity contribution is 6.03. The summed E-state index contributed by atoms with van der Waals surface area (Å²) >= 11 is 0. The summed E-state index contributed by atoms with van der Waals surface area (Å²) in [5.74, 6) is -0.291. The van der Waals surface area contributed by atoms with E-state index in [9.17, 15) is 19.8 Å². The molecular weight excluding hydrogens is 366 g/mol. The number of rotatable bonds is 7. The van der Waals surface area contributed by atoms with Gasteiger partial charge in [0, 0.05) is 18.4 Å². The number of nitrogens with zero attached hydrogens (tertiary/aromatic N) is 2. The summed E-state index contributed by atoms with van der Waals surface area (Å²) in [6.45, 7) is 1.88. The summed E-state index contributed by atoms with van der Waals surface area (Å²) in [6, 6.07) is 10.0. The Morgan fingerprint density at radius 3 is 2.71 bits per heavy atom. The van der Waals surface area contributed by atoms with Gasteiger partial charge in [-0.3, -0.25) is 9.36 Å². The van der Waals surface area contributed by atoms with Gasteiger partial charge in [0.2, 0.25) is 0 Å². The van der Waals surface area contributed by atoms with E-state index in [-0.39, 0.29) is 11.7 Å². The molecule has 1 fully saturated rings. The fraction of sp³-hybridized carbons (Fsp3) is 0.421. The summed E-state index contributed by atoms with van der Waals surface area (Å²) in [4.78, 5) is 28.6. The van der Waals surface area contributed by atoms with Crippen LogP contribution in [0.25, 0.3) is 0 Å². The van der Waals surface area contributed by atoms with Gasteiger partial charge in [0.25, 0.3) is 5.91 Å². The Bertz CT molecular complexity index is 856. The normalized spacial score (nSPS) is 24.2. The van der Waals surface area contributed by atoms with Crippen LogP contribution >= 0.6 is 0 Å². The zero-order chi connectivity index (χ0) is 20.1. The van der Waals surface area contributed by atoms with Crippen molar-refractivity contribution < 1.29 is 24.5 Å².